The maximum absolute atomic E-state index is 11.8. The van der Waals surface area contributed by atoms with Crippen molar-refractivity contribution in [2.45, 2.75) is 25.4 Å². The zero-order valence-corrected chi connectivity index (χ0v) is 10.9. The Morgan fingerprint density at radius 2 is 2.38 bits per heavy atom. The first-order valence-electron chi connectivity index (χ1n) is 5.27. The van der Waals surface area contributed by atoms with E-state index in [1.807, 2.05) is 18.0 Å². The van der Waals surface area contributed by atoms with Crippen molar-refractivity contribution in [2.24, 2.45) is 0 Å². The number of rotatable bonds is 5. The van der Waals surface area contributed by atoms with Crippen LogP contribution in [-0.2, 0) is 11.3 Å². The molecule has 0 atom stereocenters. The number of carbonyl (C=O) groups excluding carboxylic acids is 1. The molecule has 1 aromatic rings. The largest absolute Gasteiger partial charge is 0.333 e. The third kappa shape index (κ3) is 3.47. The number of hydrogen-bond acceptors (Lipinski definition) is 3. The zero-order chi connectivity index (χ0) is 10.7. The second-order valence-corrected chi connectivity index (χ2v) is 4.89. The molecule has 0 aromatic carbocycles. The van der Waals surface area contributed by atoms with Crippen molar-refractivity contribution in [1.29, 1.82) is 0 Å². The minimum Gasteiger partial charge on any atom is -0.333 e. The highest BCUT2D eigenvalue weighted by atomic mass is 35.5. The summed E-state index contributed by atoms with van der Waals surface area (Å²) >= 11 is 1.72. The summed E-state index contributed by atoms with van der Waals surface area (Å²) in [6.45, 7) is 1.23. The monoisotopic (exact) mass is 260 g/mol. The summed E-state index contributed by atoms with van der Waals surface area (Å²) in [4.78, 5) is 15.1. The summed E-state index contributed by atoms with van der Waals surface area (Å²) in [5, 5.41) is 4.98. The smallest absolute Gasteiger partial charge is 0.237 e. The molecule has 1 aromatic heterocycles. The number of likely N-dealkylation sites (N-methyl/N-ethyl adjacent to an activating group) is 1. The molecule has 16 heavy (non-hydrogen) atoms. The number of carbonyl (C=O) groups is 1. The number of hydrogen-bond donors (Lipinski definition) is 1. The quantitative estimate of drug-likeness (QED) is 0.877. The van der Waals surface area contributed by atoms with E-state index >= 15 is 0 Å². The predicted octanol–water partition coefficient (Wildman–Crippen LogP) is 1.88. The zero-order valence-electron chi connectivity index (χ0n) is 9.31. The Bertz CT molecular complexity index is 325. The lowest BCUT2D eigenvalue weighted by Crippen LogP contribution is -2.38. The number of amides is 1. The van der Waals surface area contributed by atoms with Crippen LogP contribution in [-0.4, -0.2) is 30.4 Å². The normalized spacial score (nSPS) is 14.3. The van der Waals surface area contributed by atoms with Crippen molar-refractivity contribution in [3.63, 3.8) is 0 Å². The Labute approximate surface area is 106 Å². The highest BCUT2D eigenvalue weighted by molar-refractivity contribution is 7.09. The second-order valence-electron chi connectivity index (χ2n) is 3.86. The van der Waals surface area contributed by atoms with E-state index in [0.717, 1.165) is 6.54 Å². The van der Waals surface area contributed by atoms with Gasteiger partial charge in [0.25, 0.3) is 0 Å². The van der Waals surface area contributed by atoms with Crippen molar-refractivity contribution in [3.05, 3.63) is 22.4 Å². The molecule has 1 aliphatic carbocycles. The summed E-state index contributed by atoms with van der Waals surface area (Å²) in [5.74, 6) is 0.216. The van der Waals surface area contributed by atoms with Gasteiger partial charge in [-0.1, -0.05) is 6.07 Å². The summed E-state index contributed by atoms with van der Waals surface area (Å²) in [6, 6.07) is 4.62. The van der Waals surface area contributed by atoms with Gasteiger partial charge >= 0.3 is 0 Å². The van der Waals surface area contributed by atoms with Crippen LogP contribution in [0.25, 0.3) is 0 Å². The van der Waals surface area contributed by atoms with Crippen LogP contribution in [0.5, 0.6) is 0 Å². The van der Waals surface area contributed by atoms with E-state index in [-0.39, 0.29) is 18.3 Å². The van der Waals surface area contributed by atoms with Gasteiger partial charge in [-0.2, -0.15) is 0 Å². The average molecular weight is 261 g/mol. The summed E-state index contributed by atoms with van der Waals surface area (Å²) in [5.41, 5.74) is 0. The summed E-state index contributed by atoms with van der Waals surface area (Å²) < 4.78 is 0. The SMILES string of the molecule is CNCC(=O)N(Cc1cccs1)C1CC1.Cl. The van der Waals surface area contributed by atoms with Gasteiger partial charge in [0, 0.05) is 10.9 Å². The van der Waals surface area contributed by atoms with Crippen LogP contribution in [0.4, 0.5) is 0 Å². The molecule has 0 saturated heterocycles. The number of nitrogens with zero attached hydrogens (tertiary/aromatic N) is 1. The topological polar surface area (TPSA) is 32.3 Å². The first-order valence-corrected chi connectivity index (χ1v) is 6.15. The van der Waals surface area contributed by atoms with Gasteiger partial charge in [-0.3, -0.25) is 4.79 Å². The molecule has 3 nitrogen and oxygen atoms in total. The predicted molar refractivity (Wildman–Crippen MR) is 69.1 cm³/mol. The minimum absolute atomic E-state index is 0. The van der Waals surface area contributed by atoms with Crippen LogP contribution in [0, 0.1) is 0 Å². The minimum atomic E-state index is 0. The highest BCUT2D eigenvalue weighted by Gasteiger charge is 2.32. The van der Waals surface area contributed by atoms with Gasteiger partial charge < -0.3 is 10.2 Å². The van der Waals surface area contributed by atoms with Crippen LogP contribution >= 0.6 is 23.7 Å². The van der Waals surface area contributed by atoms with Gasteiger partial charge in [0.1, 0.15) is 0 Å². The lowest BCUT2D eigenvalue weighted by Gasteiger charge is -2.21. The van der Waals surface area contributed by atoms with Crippen molar-refractivity contribution in [1.82, 2.24) is 10.2 Å². The lowest BCUT2D eigenvalue weighted by molar-refractivity contribution is -0.131. The van der Waals surface area contributed by atoms with Crippen molar-refractivity contribution >= 4 is 29.7 Å². The van der Waals surface area contributed by atoms with Crippen LogP contribution < -0.4 is 5.32 Å². The first-order chi connectivity index (χ1) is 7.31. The highest BCUT2D eigenvalue weighted by Crippen LogP contribution is 2.29. The fourth-order valence-corrected chi connectivity index (χ4v) is 2.33. The van der Waals surface area contributed by atoms with Gasteiger partial charge in [0.15, 0.2) is 0 Å². The van der Waals surface area contributed by atoms with E-state index < -0.39 is 0 Å². The summed E-state index contributed by atoms with van der Waals surface area (Å²) in [6.07, 6.45) is 2.33. The Kier molecular flexibility index (Phi) is 5.25. The fraction of sp³-hybridized carbons (Fsp3) is 0.545. The molecule has 90 valence electrons. The molecular weight excluding hydrogens is 244 g/mol. The van der Waals surface area contributed by atoms with E-state index in [1.165, 1.54) is 17.7 Å². The third-order valence-corrected chi connectivity index (χ3v) is 3.40. The lowest BCUT2D eigenvalue weighted by atomic mass is 10.3. The van der Waals surface area contributed by atoms with E-state index in [2.05, 4.69) is 16.8 Å². The second kappa shape index (κ2) is 6.23. The van der Waals surface area contributed by atoms with Crippen LogP contribution in [0.1, 0.15) is 17.7 Å². The molecule has 0 aliphatic heterocycles. The van der Waals surface area contributed by atoms with Gasteiger partial charge in [-0.15, -0.1) is 23.7 Å². The molecule has 1 heterocycles. The molecule has 0 spiro atoms. The molecular formula is C11H17ClN2OS. The molecule has 5 heteroatoms. The Balaban J connectivity index is 0.00000128. The molecule has 0 radical (unpaired) electrons. The standard InChI is InChI=1S/C11H16N2OS.ClH/c1-12-7-11(14)13(9-4-5-9)8-10-3-2-6-15-10;/h2-3,6,9,12H,4-5,7-8H2,1H3;1H. The first kappa shape index (κ1) is 13.5. The van der Waals surface area contributed by atoms with Gasteiger partial charge in [-0.05, 0) is 31.3 Å². The van der Waals surface area contributed by atoms with E-state index in [0.29, 0.717) is 12.6 Å². The van der Waals surface area contributed by atoms with Gasteiger partial charge in [-0.25, -0.2) is 0 Å². The van der Waals surface area contributed by atoms with E-state index in [4.69, 9.17) is 0 Å². The van der Waals surface area contributed by atoms with E-state index in [9.17, 15) is 4.79 Å². The van der Waals surface area contributed by atoms with Crippen LogP contribution in [0.2, 0.25) is 0 Å². The molecule has 0 bridgehead atoms. The molecule has 1 aliphatic rings. The van der Waals surface area contributed by atoms with Crippen molar-refractivity contribution in [2.75, 3.05) is 13.6 Å². The average Bonchev–Trinajstić information content (AvgIpc) is 2.93. The van der Waals surface area contributed by atoms with Crippen molar-refractivity contribution in [3.8, 4) is 0 Å². The Morgan fingerprint density at radius 3 is 2.88 bits per heavy atom. The Hall–Kier alpha value is -0.580. The van der Waals surface area contributed by atoms with Gasteiger partial charge in [0.05, 0.1) is 13.1 Å². The number of halogens is 1. The van der Waals surface area contributed by atoms with Gasteiger partial charge in [0.2, 0.25) is 5.91 Å². The number of nitrogens with one attached hydrogen (secondary N) is 1. The molecule has 1 saturated carbocycles. The molecule has 0 unspecified atom stereocenters. The molecule has 1 fully saturated rings. The van der Waals surface area contributed by atoms with E-state index in [1.54, 1.807) is 11.3 Å². The van der Waals surface area contributed by atoms with Crippen molar-refractivity contribution < 1.29 is 4.79 Å². The van der Waals surface area contributed by atoms with Crippen LogP contribution in [0.3, 0.4) is 0 Å². The molecule has 1 amide bonds. The van der Waals surface area contributed by atoms with Crippen LogP contribution in [0.15, 0.2) is 17.5 Å². The fourth-order valence-electron chi connectivity index (χ4n) is 1.63. The maximum atomic E-state index is 11.8. The maximum Gasteiger partial charge on any atom is 0.237 e. The molecule has 2 rings (SSSR count). The molecule has 1 N–H and O–H groups in total. The number of thiophene rings is 1. The summed E-state index contributed by atoms with van der Waals surface area (Å²) in [7, 11) is 1.81. The Morgan fingerprint density at radius 1 is 1.62 bits per heavy atom. The third-order valence-electron chi connectivity index (χ3n) is 2.54.